The molecule has 0 saturated carbocycles. The Hall–Kier alpha value is -1.88. The molecule has 1 aliphatic heterocycles. The first-order valence-corrected chi connectivity index (χ1v) is 8.41. The van der Waals surface area contributed by atoms with Gasteiger partial charge in [0.15, 0.2) is 0 Å². The number of hydrogen-bond donors (Lipinski definition) is 3. The van der Waals surface area contributed by atoms with Gasteiger partial charge in [-0.05, 0) is 56.0 Å². The quantitative estimate of drug-likeness (QED) is 0.751. The molecule has 0 aromatic heterocycles. The lowest BCUT2D eigenvalue weighted by molar-refractivity contribution is 0.0922. The molecule has 1 saturated heterocycles. The zero-order chi connectivity index (χ0) is 16.7. The van der Waals surface area contributed by atoms with E-state index in [0.717, 1.165) is 32.4 Å². The number of nitrogens with one attached hydrogen (secondary N) is 3. The van der Waals surface area contributed by atoms with E-state index in [0.29, 0.717) is 24.2 Å². The molecule has 1 aromatic rings. The van der Waals surface area contributed by atoms with E-state index in [-0.39, 0.29) is 17.2 Å². The molecule has 1 aromatic carbocycles. The van der Waals surface area contributed by atoms with Crippen molar-refractivity contribution in [2.24, 2.45) is 5.41 Å². The van der Waals surface area contributed by atoms with Gasteiger partial charge in [-0.15, -0.1) is 0 Å². The number of benzene rings is 1. The average Bonchev–Trinajstić information content (AvgIpc) is 2.58. The maximum atomic E-state index is 12.4. The Morgan fingerprint density at radius 1 is 1.13 bits per heavy atom. The summed E-state index contributed by atoms with van der Waals surface area (Å²) in [4.78, 5) is 24.3. The summed E-state index contributed by atoms with van der Waals surface area (Å²) >= 11 is 0. The fraction of sp³-hybridized carbons (Fsp3) is 0.556. The summed E-state index contributed by atoms with van der Waals surface area (Å²) in [5.74, 6) is -0.248. The van der Waals surface area contributed by atoms with Crippen LogP contribution in [0.3, 0.4) is 0 Å². The molecule has 2 amide bonds. The molecule has 3 N–H and O–H groups in total. The smallest absolute Gasteiger partial charge is 0.251 e. The van der Waals surface area contributed by atoms with Crippen LogP contribution in [0.25, 0.3) is 0 Å². The Kier molecular flexibility index (Phi) is 6.16. The number of piperidine rings is 1. The van der Waals surface area contributed by atoms with Crippen LogP contribution in [0.2, 0.25) is 0 Å². The Bertz CT molecular complexity index is 551. The maximum absolute atomic E-state index is 12.4. The van der Waals surface area contributed by atoms with Gasteiger partial charge in [-0.2, -0.15) is 0 Å². The first-order chi connectivity index (χ1) is 11.0. The standard InChI is InChI=1S/C18H27N3O2/c1-3-9-20-16(22)14-5-4-6-15(12-14)17(23)21-13-18(2)7-10-19-11-8-18/h4-6,12,19H,3,7-11,13H2,1-2H3,(H,20,22)(H,21,23). The predicted molar refractivity (Wildman–Crippen MR) is 91.6 cm³/mol. The Morgan fingerprint density at radius 2 is 1.74 bits per heavy atom. The van der Waals surface area contributed by atoms with Gasteiger partial charge in [-0.3, -0.25) is 9.59 Å². The molecule has 0 radical (unpaired) electrons. The van der Waals surface area contributed by atoms with Crippen LogP contribution in [0.4, 0.5) is 0 Å². The number of rotatable bonds is 6. The second-order valence-electron chi connectivity index (χ2n) is 6.58. The first-order valence-electron chi connectivity index (χ1n) is 8.41. The van der Waals surface area contributed by atoms with E-state index in [9.17, 15) is 9.59 Å². The second kappa shape index (κ2) is 8.11. The molecular weight excluding hydrogens is 290 g/mol. The highest BCUT2D eigenvalue weighted by molar-refractivity contribution is 5.99. The van der Waals surface area contributed by atoms with Gasteiger partial charge in [0.2, 0.25) is 0 Å². The molecule has 0 unspecified atom stereocenters. The fourth-order valence-corrected chi connectivity index (χ4v) is 2.75. The molecule has 126 valence electrons. The topological polar surface area (TPSA) is 70.2 Å². The van der Waals surface area contributed by atoms with Crippen LogP contribution in [0.5, 0.6) is 0 Å². The average molecular weight is 317 g/mol. The van der Waals surface area contributed by atoms with Crippen LogP contribution in [-0.2, 0) is 0 Å². The van der Waals surface area contributed by atoms with Gasteiger partial charge in [0.05, 0.1) is 0 Å². The van der Waals surface area contributed by atoms with E-state index in [1.165, 1.54) is 0 Å². The molecule has 0 bridgehead atoms. The summed E-state index contributed by atoms with van der Waals surface area (Å²) in [6.07, 6.45) is 3.01. The highest BCUT2D eigenvalue weighted by atomic mass is 16.2. The molecule has 0 atom stereocenters. The molecule has 1 aliphatic rings. The van der Waals surface area contributed by atoms with Crippen molar-refractivity contribution in [3.63, 3.8) is 0 Å². The van der Waals surface area contributed by atoms with E-state index in [4.69, 9.17) is 0 Å². The highest BCUT2D eigenvalue weighted by Crippen LogP contribution is 2.26. The maximum Gasteiger partial charge on any atom is 0.251 e. The number of carbonyl (C=O) groups is 2. The Balaban J connectivity index is 1.95. The predicted octanol–water partition coefficient (Wildman–Crippen LogP) is 1.95. The minimum absolute atomic E-state index is 0.116. The number of hydrogen-bond acceptors (Lipinski definition) is 3. The van der Waals surface area contributed by atoms with E-state index in [1.54, 1.807) is 24.3 Å². The number of carbonyl (C=O) groups excluding carboxylic acids is 2. The van der Waals surface area contributed by atoms with Crippen molar-refractivity contribution in [3.05, 3.63) is 35.4 Å². The lowest BCUT2D eigenvalue weighted by atomic mass is 9.81. The summed E-state index contributed by atoms with van der Waals surface area (Å²) < 4.78 is 0. The van der Waals surface area contributed by atoms with Crippen LogP contribution >= 0.6 is 0 Å². The van der Waals surface area contributed by atoms with Crippen molar-refractivity contribution >= 4 is 11.8 Å². The van der Waals surface area contributed by atoms with Gasteiger partial charge in [0, 0.05) is 24.2 Å². The molecule has 5 heteroatoms. The van der Waals surface area contributed by atoms with E-state index in [1.807, 2.05) is 6.92 Å². The minimum Gasteiger partial charge on any atom is -0.352 e. The Morgan fingerprint density at radius 3 is 2.35 bits per heavy atom. The van der Waals surface area contributed by atoms with Crippen LogP contribution in [0, 0.1) is 5.41 Å². The molecule has 0 spiro atoms. The van der Waals surface area contributed by atoms with Crippen LogP contribution in [0.15, 0.2) is 24.3 Å². The van der Waals surface area contributed by atoms with Crippen LogP contribution in [-0.4, -0.2) is 38.0 Å². The number of amides is 2. The van der Waals surface area contributed by atoms with Crippen molar-refractivity contribution in [1.82, 2.24) is 16.0 Å². The molecule has 2 rings (SSSR count). The lowest BCUT2D eigenvalue weighted by Gasteiger charge is -2.34. The van der Waals surface area contributed by atoms with Gasteiger partial charge in [-0.1, -0.05) is 19.9 Å². The third-order valence-electron chi connectivity index (χ3n) is 4.41. The van der Waals surface area contributed by atoms with Crippen LogP contribution < -0.4 is 16.0 Å². The van der Waals surface area contributed by atoms with Crippen molar-refractivity contribution in [3.8, 4) is 0 Å². The summed E-state index contributed by atoms with van der Waals surface area (Å²) in [5, 5.41) is 9.19. The zero-order valence-corrected chi connectivity index (χ0v) is 14.1. The van der Waals surface area contributed by atoms with Crippen molar-refractivity contribution in [2.75, 3.05) is 26.2 Å². The first kappa shape index (κ1) is 17.5. The molecule has 1 heterocycles. The third-order valence-corrected chi connectivity index (χ3v) is 4.41. The monoisotopic (exact) mass is 317 g/mol. The molecule has 5 nitrogen and oxygen atoms in total. The normalized spacial score (nSPS) is 16.6. The lowest BCUT2D eigenvalue weighted by Crippen LogP contribution is -2.42. The van der Waals surface area contributed by atoms with Gasteiger partial charge >= 0.3 is 0 Å². The van der Waals surface area contributed by atoms with Crippen LogP contribution in [0.1, 0.15) is 53.8 Å². The second-order valence-corrected chi connectivity index (χ2v) is 6.58. The van der Waals surface area contributed by atoms with Gasteiger partial charge in [-0.25, -0.2) is 0 Å². The minimum atomic E-state index is -0.133. The van der Waals surface area contributed by atoms with Crippen molar-refractivity contribution < 1.29 is 9.59 Å². The molecular formula is C18H27N3O2. The van der Waals surface area contributed by atoms with E-state index < -0.39 is 0 Å². The third kappa shape index (κ3) is 5.06. The molecule has 0 aliphatic carbocycles. The summed E-state index contributed by atoms with van der Waals surface area (Å²) in [7, 11) is 0. The molecule has 1 fully saturated rings. The van der Waals surface area contributed by atoms with E-state index >= 15 is 0 Å². The zero-order valence-electron chi connectivity index (χ0n) is 14.1. The summed E-state index contributed by atoms with van der Waals surface area (Å²) in [5.41, 5.74) is 1.21. The summed E-state index contributed by atoms with van der Waals surface area (Å²) in [6.45, 7) is 7.52. The van der Waals surface area contributed by atoms with Gasteiger partial charge < -0.3 is 16.0 Å². The summed E-state index contributed by atoms with van der Waals surface area (Å²) in [6, 6.07) is 6.89. The largest absolute Gasteiger partial charge is 0.352 e. The van der Waals surface area contributed by atoms with Gasteiger partial charge in [0.25, 0.3) is 11.8 Å². The van der Waals surface area contributed by atoms with E-state index in [2.05, 4.69) is 22.9 Å². The van der Waals surface area contributed by atoms with Crippen molar-refractivity contribution in [2.45, 2.75) is 33.1 Å². The Labute approximate surface area is 138 Å². The van der Waals surface area contributed by atoms with Gasteiger partial charge in [0.1, 0.15) is 0 Å². The van der Waals surface area contributed by atoms with Crippen molar-refractivity contribution in [1.29, 1.82) is 0 Å². The SMILES string of the molecule is CCCNC(=O)c1cccc(C(=O)NCC2(C)CCNCC2)c1. The fourth-order valence-electron chi connectivity index (χ4n) is 2.75. The molecule has 23 heavy (non-hydrogen) atoms. The highest BCUT2D eigenvalue weighted by Gasteiger charge is 2.27.